The highest BCUT2D eigenvalue weighted by molar-refractivity contribution is 5.82. The number of nitrogens with two attached hydrogens (primary N) is 1. The molecule has 0 aromatic carbocycles. The maximum absolute atomic E-state index is 12.1. The Morgan fingerprint density at radius 2 is 1.80 bits per heavy atom. The van der Waals surface area contributed by atoms with Gasteiger partial charge in [-0.1, -0.05) is 20.3 Å². The number of carbonyl (C=O) groups excluding carboxylic acids is 1. The van der Waals surface area contributed by atoms with E-state index in [9.17, 15) is 4.79 Å². The van der Waals surface area contributed by atoms with Crippen molar-refractivity contribution in [1.82, 2.24) is 0 Å². The molecule has 0 bridgehead atoms. The van der Waals surface area contributed by atoms with Crippen LogP contribution in [0.2, 0.25) is 0 Å². The first-order valence-corrected chi connectivity index (χ1v) is 5.61. The van der Waals surface area contributed by atoms with Gasteiger partial charge in [0.05, 0.1) is 0 Å². The molecule has 3 heteroatoms. The van der Waals surface area contributed by atoms with Crippen LogP contribution in [0.1, 0.15) is 53.9 Å². The minimum atomic E-state index is -0.805. The molecular weight excluding hydrogens is 190 g/mol. The maximum atomic E-state index is 12.1. The monoisotopic (exact) mass is 213 g/mol. The van der Waals surface area contributed by atoms with Gasteiger partial charge in [-0.05, 0) is 39.0 Å². The lowest BCUT2D eigenvalue weighted by Crippen LogP contribution is -2.57. The summed E-state index contributed by atoms with van der Waals surface area (Å²) in [6.45, 7) is 9.70. The second-order valence-electron chi connectivity index (χ2n) is 6.21. The van der Waals surface area contributed by atoms with E-state index in [4.69, 9.17) is 10.5 Å². The summed E-state index contributed by atoms with van der Waals surface area (Å²) in [6.07, 6.45) is 2.72. The van der Waals surface area contributed by atoms with Crippen molar-refractivity contribution in [3.8, 4) is 0 Å². The van der Waals surface area contributed by atoms with Crippen LogP contribution in [0, 0.1) is 5.41 Å². The van der Waals surface area contributed by atoms with E-state index in [2.05, 4.69) is 0 Å². The first-order chi connectivity index (χ1) is 6.58. The van der Waals surface area contributed by atoms with Gasteiger partial charge >= 0.3 is 5.97 Å². The number of ether oxygens (including phenoxy) is 1. The number of esters is 1. The standard InChI is InChI=1S/C12H23NO2/c1-10(2,3)15-9(14)12(13)8-6-7-11(12,4)5/h6-8,13H2,1-5H3. The van der Waals surface area contributed by atoms with Crippen molar-refractivity contribution < 1.29 is 9.53 Å². The Morgan fingerprint density at radius 3 is 2.13 bits per heavy atom. The van der Waals surface area contributed by atoms with Crippen molar-refractivity contribution in [1.29, 1.82) is 0 Å². The van der Waals surface area contributed by atoms with Crippen LogP contribution >= 0.6 is 0 Å². The van der Waals surface area contributed by atoms with Crippen molar-refractivity contribution in [2.24, 2.45) is 11.1 Å². The van der Waals surface area contributed by atoms with Crippen molar-refractivity contribution in [2.45, 2.75) is 65.0 Å². The molecule has 2 N–H and O–H groups in total. The molecule has 0 aliphatic heterocycles. The van der Waals surface area contributed by atoms with E-state index in [1.165, 1.54) is 0 Å². The average molecular weight is 213 g/mol. The van der Waals surface area contributed by atoms with E-state index < -0.39 is 11.1 Å². The minimum Gasteiger partial charge on any atom is -0.459 e. The molecule has 0 aromatic heterocycles. The zero-order chi connectivity index (χ0) is 11.9. The average Bonchev–Trinajstić information content (AvgIpc) is 2.24. The van der Waals surface area contributed by atoms with Crippen LogP contribution in [0.5, 0.6) is 0 Å². The van der Waals surface area contributed by atoms with Gasteiger partial charge in [0.15, 0.2) is 0 Å². The number of hydrogen-bond acceptors (Lipinski definition) is 3. The summed E-state index contributed by atoms with van der Waals surface area (Å²) in [6, 6.07) is 0. The van der Waals surface area contributed by atoms with E-state index in [-0.39, 0.29) is 11.4 Å². The van der Waals surface area contributed by atoms with E-state index in [0.717, 1.165) is 19.3 Å². The van der Waals surface area contributed by atoms with Gasteiger partial charge in [0.25, 0.3) is 0 Å². The van der Waals surface area contributed by atoms with Gasteiger partial charge in [-0.3, -0.25) is 4.79 Å². The molecule has 0 radical (unpaired) electrons. The Bertz CT molecular complexity index is 265. The second kappa shape index (κ2) is 3.48. The van der Waals surface area contributed by atoms with Gasteiger partial charge < -0.3 is 10.5 Å². The summed E-state index contributed by atoms with van der Waals surface area (Å²) in [4.78, 5) is 12.1. The molecular formula is C12H23NO2. The van der Waals surface area contributed by atoms with Crippen LogP contribution in [-0.2, 0) is 9.53 Å². The fourth-order valence-electron chi connectivity index (χ4n) is 2.12. The Hall–Kier alpha value is -0.570. The Balaban J connectivity index is 2.83. The lowest BCUT2D eigenvalue weighted by molar-refractivity contribution is -0.165. The summed E-state index contributed by atoms with van der Waals surface area (Å²) in [5.41, 5.74) is 4.79. The molecule has 0 aromatic rings. The molecule has 88 valence electrons. The topological polar surface area (TPSA) is 52.3 Å². The molecule has 0 saturated heterocycles. The quantitative estimate of drug-likeness (QED) is 0.680. The Morgan fingerprint density at radius 1 is 1.27 bits per heavy atom. The van der Waals surface area contributed by atoms with Crippen LogP contribution in [0.15, 0.2) is 0 Å². The third kappa shape index (κ3) is 2.33. The van der Waals surface area contributed by atoms with E-state index in [1.807, 2.05) is 34.6 Å². The van der Waals surface area contributed by atoms with Gasteiger partial charge in [-0.15, -0.1) is 0 Å². The molecule has 0 spiro atoms. The molecule has 0 heterocycles. The highest BCUT2D eigenvalue weighted by Crippen LogP contribution is 2.45. The lowest BCUT2D eigenvalue weighted by atomic mass is 9.75. The highest BCUT2D eigenvalue weighted by atomic mass is 16.6. The fraction of sp³-hybridized carbons (Fsp3) is 0.917. The molecule has 1 unspecified atom stereocenters. The first-order valence-electron chi connectivity index (χ1n) is 5.61. The molecule has 0 amide bonds. The number of hydrogen-bond donors (Lipinski definition) is 1. The predicted molar refractivity (Wildman–Crippen MR) is 60.4 cm³/mol. The SMILES string of the molecule is CC(C)(C)OC(=O)C1(N)CCCC1(C)C. The van der Waals surface area contributed by atoms with Crippen molar-refractivity contribution in [3.05, 3.63) is 0 Å². The Labute approximate surface area is 92.4 Å². The smallest absolute Gasteiger partial charge is 0.327 e. The van der Waals surface area contributed by atoms with Gasteiger partial charge in [0, 0.05) is 0 Å². The molecule has 1 fully saturated rings. The molecule has 1 aliphatic rings. The van der Waals surface area contributed by atoms with E-state index in [0.29, 0.717) is 0 Å². The van der Waals surface area contributed by atoms with Gasteiger partial charge in [0.2, 0.25) is 0 Å². The largest absolute Gasteiger partial charge is 0.459 e. The third-order valence-electron chi connectivity index (χ3n) is 3.34. The molecule has 1 aliphatic carbocycles. The van der Waals surface area contributed by atoms with E-state index in [1.54, 1.807) is 0 Å². The zero-order valence-corrected chi connectivity index (χ0v) is 10.5. The van der Waals surface area contributed by atoms with Crippen LogP contribution in [0.4, 0.5) is 0 Å². The van der Waals surface area contributed by atoms with Crippen LogP contribution in [0.25, 0.3) is 0 Å². The van der Waals surface area contributed by atoms with Crippen molar-refractivity contribution >= 4 is 5.97 Å². The third-order valence-corrected chi connectivity index (χ3v) is 3.34. The van der Waals surface area contributed by atoms with Crippen LogP contribution in [0.3, 0.4) is 0 Å². The number of carbonyl (C=O) groups is 1. The van der Waals surface area contributed by atoms with Gasteiger partial charge in [-0.25, -0.2) is 0 Å². The number of rotatable bonds is 1. The molecule has 1 atom stereocenters. The van der Waals surface area contributed by atoms with Crippen molar-refractivity contribution in [3.63, 3.8) is 0 Å². The molecule has 1 rings (SSSR count). The predicted octanol–water partition coefficient (Wildman–Crippen LogP) is 2.24. The van der Waals surface area contributed by atoms with Crippen LogP contribution < -0.4 is 5.73 Å². The fourth-order valence-corrected chi connectivity index (χ4v) is 2.12. The van der Waals surface area contributed by atoms with Crippen LogP contribution in [-0.4, -0.2) is 17.1 Å². The molecule has 15 heavy (non-hydrogen) atoms. The highest BCUT2D eigenvalue weighted by Gasteiger charge is 2.53. The van der Waals surface area contributed by atoms with Crippen molar-refractivity contribution in [2.75, 3.05) is 0 Å². The summed E-state index contributed by atoms with van der Waals surface area (Å²) in [7, 11) is 0. The minimum absolute atomic E-state index is 0.157. The van der Waals surface area contributed by atoms with Gasteiger partial charge in [-0.2, -0.15) is 0 Å². The second-order valence-corrected chi connectivity index (χ2v) is 6.21. The summed E-state index contributed by atoms with van der Waals surface area (Å²) in [5.74, 6) is -0.252. The molecule has 1 saturated carbocycles. The zero-order valence-electron chi connectivity index (χ0n) is 10.5. The first kappa shape index (κ1) is 12.5. The lowest BCUT2D eigenvalue weighted by Gasteiger charge is -2.37. The van der Waals surface area contributed by atoms with Gasteiger partial charge in [0.1, 0.15) is 11.1 Å². The summed E-state index contributed by atoms with van der Waals surface area (Å²) >= 11 is 0. The molecule has 3 nitrogen and oxygen atoms in total. The summed E-state index contributed by atoms with van der Waals surface area (Å²) in [5, 5.41) is 0. The maximum Gasteiger partial charge on any atom is 0.327 e. The van der Waals surface area contributed by atoms with E-state index >= 15 is 0 Å². The summed E-state index contributed by atoms with van der Waals surface area (Å²) < 4.78 is 5.40. The normalized spacial score (nSPS) is 30.3. The Kier molecular flexibility index (Phi) is 2.90.